The highest BCUT2D eigenvalue weighted by Gasteiger charge is 2.37. The monoisotopic (exact) mass is 535 g/mol. The molecule has 4 rings (SSSR count). The second-order valence-corrected chi connectivity index (χ2v) is 11.5. The Bertz CT molecular complexity index is 1110. The van der Waals surface area contributed by atoms with Crippen molar-refractivity contribution in [3.63, 3.8) is 0 Å². The van der Waals surface area contributed by atoms with E-state index >= 15 is 0 Å². The van der Waals surface area contributed by atoms with Crippen molar-refractivity contribution in [3.05, 3.63) is 59.7 Å². The molecule has 0 unspecified atom stereocenters. The third-order valence-corrected chi connectivity index (χ3v) is 8.13. The van der Waals surface area contributed by atoms with E-state index in [1.165, 1.54) is 5.56 Å². The number of fused-ring (bicyclic) bond motifs is 1. The lowest BCUT2D eigenvalue weighted by atomic mass is 9.74. The van der Waals surface area contributed by atoms with Gasteiger partial charge in [-0.15, -0.1) is 0 Å². The van der Waals surface area contributed by atoms with Crippen LogP contribution in [0.5, 0.6) is 11.5 Å². The first-order chi connectivity index (χ1) is 18.8. The second-order valence-electron chi connectivity index (χ2n) is 11.5. The number of hydrogen-bond donors (Lipinski definition) is 0. The van der Waals surface area contributed by atoms with E-state index in [0.717, 1.165) is 70.6 Å². The molecule has 0 N–H and O–H groups in total. The number of benzene rings is 2. The highest BCUT2D eigenvalue weighted by atomic mass is 16.5. The van der Waals surface area contributed by atoms with Crippen molar-refractivity contribution in [2.45, 2.75) is 65.5 Å². The van der Waals surface area contributed by atoms with Crippen LogP contribution in [0.15, 0.2) is 48.5 Å². The Kier molecular flexibility index (Phi) is 9.89. The van der Waals surface area contributed by atoms with Crippen LogP contribution in [-0.4, -0.2) is 79.0 Å². The maximum atomic E-state index is 13.6. The average Bonchev–Trinajstić information content (AvgIpc) is 2.91. The molecule has 2 aliphatic rings. The van der Waals surface area contributed by atoms with Gasteiger partial charge in [0.05, 0.1) is 11.7 Å². The Morgan fingerprint density at radius 1 is 0.974 bits per heavy atom. The average molecular weight is 536 g/mol. The molecule has 0 saturated carbocycles. The molecule has 1 fully saturated rings. The van der Waals surface area contributed by atoms with Crippen molar-refractivity contribution < 1.29 is 19.1 Å². The highest BCUT2D eigenvalue weighted by molar-refractivity contribution is 5.96. The molecule has 0 atom stereocenters. The van der Waals surface area contributed by atoms with Gasteiger partial charge in [0.25, 0.3) is 5.91 Å². The second kappa shape index (κ2) is 13.3. The number of carbonyl (C=O) groups is 2. The number of carbonyl (C=O) groups excluding carboxylic acids is 2. The van der Waals surface area contributed by atoms with E-state index in [1.54, 1.807) is 6.92 Å². The SMILES string of the molecule is CC(=O)N1CCC2(CCCCN(Cc3ccccc3OC(C)C)CCOc3ccccc3C(=O)N(C)C2)CC1. The maximum absolute atomic E-state index is 13.6. The standard InChI is InChI=1S/C32H45N3O4/c1-25(2)39-29-13-7-5-11-27(29)23-34-18-10-9-15-32(16-19-35(20-17-32)26(3)36)24-33(4)31(37)28-12-6-8-14-30(28)38-22-21-34/h5-8,11-14,25H,9-10,15-24H2,1-4H3. The molecule has 2 aliphatic heterocycles. The fourth-order valence-electron chi connectivity index (χ4n) is 5.97. The number of likely N-dealkylation sites (tertiary alicyclic amines) is 1. The minimum atomic E-state index is -0.00681. The largest absolute Gasteiger partial charge is 0.491 e. The van der Waals surface area contributed by atoms with Crippen molar-refractivity contribution in [3.8, 4) is 11.5 Å². The zero-order valence-corrected chi connectivity index (χ0v) is 24.2. The summed E-state index contributed by atoms with van der Waals surface area (Å²) in [4.78, 5) is 31.9. The van der Waals surface area contributed by atoms with Crippen molar-refractivity contribution in [2.24, 2.45) is 5.41 Å². The fourth-order valence-corrected chi connectivity index (χ4v) is 5.97. The molecule has 2 aromatic carbocycles. The summed E-state index contributed by atoms with van der Waals surface area (Å²) >= 11 is 0. The quantitative estimate of drug-likeness (QED) is 0.536. The number of hydrogen-bond acceptors (Lipinski definition) is 5. The zero-order valence-electron chi connectivity index (χ0n) is 24.2. The molecule has 212 valence electrons. The Hall–Kier alpha value is -3.06. The molecule has 0 aliphatic carbocycles. The number of nitrogens with zero attached hydrogens (tertiary/aromatic N) is 3. The molecule has 2 aromatic rings. The Labute approximate surface area is 234 Å². The lowest BCUT2D eigenvalue weighted by molar-refractivity contribution is -0.131. The molecular formula is C32H45N3O4. The topological polar surface area (TPSA) is 62.3 Å². The molecule has 2 heterocycles. The molecule has 0 bridgehead atoms. The fraction of sp³-hybridized carbons (Fsp3) is 0.562. The van der Waals surface area contributed by atoms with E-state index < -0.39 is 0 Å². The van der Waals surface area contributed by atoms with Crippen LogP contribution in [0.1, 0.15) is 68.8 Å². The van der Waals surface area contributed by atoms with Gasteiger partial charge in [-0.2, -0.15) is 0 Å². The third kappa shape index (κ3) is 7.75. The van der Waals surface area contributed by atoms with E-state index in [-0.39, 0.29) is 23.3 Å². The van der Waals surface area contributed by atoms with E-state index in [1.807, 2.05) is 53.2 Å². The zero-order chi connectivity index (χ0) is 27.8. The molecule has 2 amide bonds. The molecule has 7 nitrogen and oxygen atoms in total. The van der Waals surface area contributed by atoms with Crippen LogP contribution < -0.4 is 9.47 Å². The summed E-state index contributed by atoms with van der Waals surface area (Å²) < 4.78 is 12.3. The number of rotatable bonds is 4. The van der Waals surface area contributed by atoms with Crippen molar-refractivity contribution in [1.82, 2.24) is 14.7 Å². The predicted molar refractivity (Wildman–Crippen MR) is 154 cm³/mol. The molecular weight excluding hydrogens is 490 g/mol. The van der Waals surface area contributed by atoms with Gasteiger partial charge < -0.3 is 19.3 Å². The van der Waals surface area contributed by atoms with Gasteiger partial charge in [-0.1, -0.05) is 36.8 Å². The van der Waals surface area contributed by atoms with Crippen molar-refractivity contribution in [2.75, 3.05) is 46.4 Å². The van der Waals surface area contributed by atoms with E-state index in [9.17, 15) is 9.59 Å². The van der Waals surface area contributed by atoms with Gasteiger partial charge in [-0.25, -0.2) is 0 Å². The Balaban J connectivity index is 1.55. The number of piperidine rings is 1. The van der Waals surface area contributed by atoms with Gasteiger partial charge in [0.2, 0.25) is 5.91 Å². The van der Waals surface area contributed by atoms with E-state index in [2.05, 4.69) is 30.9 Å². The summed E-state index contributed by atoms with van der Waals surface area (Å²) in [7, 11) is 1.91. The first kappa shape index (κ1) is 28.9. The molecule has 39 heavy (non-hydrogen) atoms. The maximum Gasteiger partial charge on any atom is 0.257 e. The molecule has 7 heteroatoms. The van der Waals surface area contributed by atoms with Gasteiger partial charge in [-0.05, 0) is 69.7 Å². The molecule has 1 spiro atoms. The minimum Gasteiger partial charge on any atom is -0.491 e. The van der Waals surface area contributed by atoms with Gasteiger partial charge in [0.15, 0.2) is 0 Å². The first-order valence-corrected chi connectivity index (χ1v) is 14.5. The Morgan fingerprint density at radius 3 is 2.44 bits per heavy atom. The summed E-state index contributed by atoms with van der Waals surface area (Å²) in [6, 6.07) is 15.9. The van der Waals surface area contributed by atoms with Gasteiger partial charge >= 0.3 is 0 Å². The van der Waals surface area contributed by atoms with Gasteiger partial charge in [-0.3, -0.25) is 14.5 Å². The van der Waals surface area contributed by atoms with E-state index in [0.29, 0.717) is 24.5 Å². The number of para-hydroxylation sites is 2. The minimum absolute atomic E-state index is 0.00681. The summed E-state index contributed by atoms with van der Waals surface area (Å²) in [5.41, 5.74) is 1.80. The van der Waals surface area contributed by atoms with Crippen LogP contribution in [0, 0.1) is 5.41 Å². The summed E-state index contributed by atoms with van der Waals surface area (Å²) in [6.07, 6.45) is 5.17. The van der Waals surface area contributed by atoms with Crippen LogP contribution in [0.3, 0.4) is 0 Å². The summed E-state index contributed by atoms with van der Waals surface area (Å²) in [5.74, 6) is 1.70. The van der Waals surface area contributed by atoms with Gasteiger partial charge in [0.1, 0.15) is 18.1 Å². The Morgan fingerprint density at radius 2 is 1.69 bits per heavy atom. The van der Waals surface area contributed by atoms with E-state index in [4.69, 9.17) is 9.47 Å². The lowest BCUT2D eigenvalue weighted by Crippen LogP contribution is -2.48. The van der Waals surface area contributed by atoms with Crippen LogP contribution in [0.2, 0.25) is 0 Å². The summed E-state index contributed by atoms with van der Waals surface area (Å²) in [5, 5.41) is 0. The third-order valence-electron chi connectivity index (χ3n) is 8.13. The number of ether oxygens (including phenoxy) is 2. The highest BCUT2D eigenvalue weighted by Crippen LogP contribution is 2.38. The van der Waals surface area contributed by atoms with Crippen LogP contribution >= 0.6 is 0 Å². The first-order valence-electron chi connectivity index (χ1n) is 14.5. The molecule has 0 aromatic heterocycles. The van der Waals surface area contributed by atoms with Crippen molar-refractivity contribution >= 4 is 11.8 Å². The van der Waals surface area contributed by atoms with Gasteiger partial charge in [0, 0.05) is 52.3 Å². The van der Waals surface area contributed by atoms with Crippen LogP contribution in [0.4, 0.5) is 0 Å². The lowest BCUT2D eigenvalue weighted by Gasteiger charge is -2.44. The van der Waals surface area contributed by atoms with Crippen LogP contribution in [-0.2, 0) is 11.3 Å². The normalized spacial score (nSPS) is 19.4. The van der Waals surface area contributed by atoms with Crippen LogP contribution in [0.25, 0.3) is 0 Å². The molecule has 0 radical (unpaired) electrons. The predicted octanol–water partition coefficient (Wildman–Crippen LogP) is 5.24. The number of amides is 2. The smallest absolute Gasteiger partial charge is 0.257 e. The summed E-state index contributed by atoms with van der Waals surface area (Å²) in [6.45, 7) is 11.0. The van der Waals surface area contributed by atoms with Crippen molar-refractivity contribution in [1.29, 1.82) is 0 Å². The molecule has 1 saturated heterocycles.